The van der Waals surface area contributed by atoms with Gasteiger partial charge in [-0.2, -0.15) is 0 Å². The van der Waals surface area contributed by atoms with Crippen LogP contribution in [0.3, 0.4) is 0 Å². The van der Waals surface area contributed by atoms with Gasteiger partial charge in [-0.3, -0.25) is 0 Å². The number of rotatable bonds is 3. The monoisotopic (exact) mass is 190 g/mol. The molecule has 1 aromatic rings. The molecule has 0 aliphatic rings. The highest BCUT2D eigenvalue weighted by molar-refractivity contribution is 5.71. The van der Waals surface area contributed by atoms with E-state index in [1.165, 1.54) is 16.7 Å². The lowest BCUT2D eigenvalue weighted by Crippen LogP contribution is -1.91. The Balaban J connectivity index is 3.18. The molecule has 0 N–H and O–H groups in total. The maximum atomic E-state index is 5.33. The van der Waals surface area contributed by atoms with Crippen LogP contribution in [0.1, 0.15) is 32.8 Å². The molecule has 0 unspecified atom stereocenters. The SMILES string of the molecule is CC/C(C)=C(/C)c1ccccc1OC. The van der Waals surface area contributed by atoms with Crippen LogP contribution in [0.2, 0.25) is 0 Å². The fourth-order valence-electron chi connectivity index (χ4n) is 1.45. The van der Waals surface area contributed by atoms with Crippen LogP contribution in [0.5, 0.6) is 5.75 Å². The quantitative estimate of drug-likeness (QED) is 0.702. The van der Waals surface area contributed by atoms with Crippen molar-refractivity contribution in [3.8, 4) is 5.75 Å². The van der Waals surface area contributed by atoms with E-state index in [-0.39, 0.29) is 0 Å². The summed E-state index contributed by atoms with van der Waals surface area (Å²) in [6.07, 6.45) is 1.09. The molecule has 0 heterocycles. The zero-order valence-corrected chi connectivity index (χ0v) is 9.42. The molecule has 0 saturated heterocycles. The van der Waals surface area contributed by atoms with Gasteiger partial charge in [0, 0.05) is 5.56 Å². The Bertz CT molecular complexity index is 337. The summed E-state index contributed by atoms with van der Waals surface area (Å²) < 4.78 is 5.33. The summed E-state index contributed by atoms with van der Waals surface area (Å²) in [6, 6.07) is 8.15. The molecule has 0 amide bonds. The lowest BCUT2D eigenvalue weighted by atomic mass is 10.0. The molecule has 0 fully saturated rings. The summed E-state index contributed by atoms with van der Waals surface area (Å²) >= 11 is 0. The molecule has 1 nitrogen and oxygen atoms in total. The van der Waals surface area contributed by atoms with Crippen molar-refractivity contribution in [3.63, 3.8) is 0 Å². The number of hydrogen-bond acceptors (Lipinski definition) is 1. The highest BCUT2D eigenvalue weighted by Crippen LogP contribution is 2.28. The third-order valence-electron chi connectivity index (χ3n) is 2.68. The molecule has 1 aromatic carbocycles. The molecule has 0 atom stereocenters. The second-order valence-corrected chi connectivity index (χ2v) is 3.46. The average Bonchev–Trinajstić information content (AvgIpc) is 2.26. The lowest BCUT2D eigenvalue weighted by molar-refractivity contribution is 0.413. The first-order valence-corrected chi connectivity index (χ1v) is 5.00. The molecule has 0 aliphatic carbocycles. The molecule has 0 radical (unpaired) electrons. The maximum absolute atomic E-state index is 5.33. The molecule has 14 heavy (non-hydrogen) atoms. The van der Waals surface area contributed by atoms with Crippen LogP contribution in [0.15, 0.2) is 29.8 Å². The predicted octanol–water partition coefficient (Wildman–Crippen LogP) is 3.90. The Morgan fingerprint density at radius 1 is 1.21 bits per heavy atom. The molecule has 76 valence electrons. The van der Waals surface area contributed by atoms with Crippen molar-refractivity contribution in [1.29, 1.82) is 0 Å². The van der Waals surface area contributed by atoms with Crippen LogP contribution in [-0.4, -0.2) is 7.11 Å². The second-order valence-electron chi connectivity index (χ2n) is 3.46. The van der Waals surface area contributed by atoms with Crippen LogP contribution in [-0.2, 0) is 0 Å². The molecule has 1 heteroatoms. The molecule has 0 aromatic heterocycles. The van der Waals surface area contributed by atoms with Crippen LogP contribution >= 0.6 is 0 Å². The Morgan fingerprint density at radius 3 is 2.43 bits per heavy atom. The number of hydrogen-bond donors (Lipinski definition) is 0. The fourth-order valence-corrected chi connectivity index (χ4v) is 1.45. The summed E-state index contributed by atoms with van der Waals surface area (Å²) in [6.45, 7) is 6.49. The van der Waals surface area contributed by atoms with Gasteiger partial charge in [0.25, 0.3) is 0 Å². The normalized spacial score (nSPS) is 12.3. The number of para-hydroxylation sites is 1. The van der Waals surface area contributed by atoms with Crippen LogP contribution in [0, 0.1) is 0 Å². The van der Waals surface area contributed by atoms with Gasteiger partial charge in [0.05, 0.1) is 7.11 Å². The largest absolute Gasteiger partial charge is 0.496 e. The minimum absolute atomic E-state index is 0.956. The lowest BCUT2D eigenvalue weighted by Gasteiger charge is -2.10. The number of allylic oxidation sites excluding steroid dienone is 2. The van der Waals surface area contributed by atoms with Crippen molar-refractivity contribution in [2.75, 3.05) is 7.11 Å². The molecule has 0 aliphatic heterocycles. The van der Waals surface area contributed by atoms with Crippen molar-refractivity contribution in [1.82, 2.24) is 0 Å². The summed E-state index contributed by atoms with van der Waals surface area (Å²) in [7, 11) is 1.72. The molecule has 1 rings (SSSR count). The van der Waals surface area contributed by atoms with E-state index in [0.717, 1.165) is 12.2 Å². The van der Waals surface area contributed by atoms with Crippen LogP contribution in [0.4, 0.5) is 0 Å². The average molecular weight is 190 g/mol. The van der Waals surface area contributed by atoms with Gasteiger partial charge in [0.1, 0.15) is 5.75 Å². The van der Waals surface area contributed by atoms with Gasteiger partial charge in [0.15, 0.2) is 0 Å². The van der Waals surface area contributed by atoms with E-state index in [9.17, 15) is 0 Å². The Labute approximate surface area is 86.4 Å². The smallest absolute Gasteiger partial charge is 0.126 e. The van der Waals surface area contributed by atoms with E-state index in [1.54, 1.807) is 7.11 Å². The fraction of sp³-hybridized carbons (Fsp3) is 0.385. The van der Waals surface area contributed by atoms with Crippen molar-refractivity contribution >= 4 is 5.57 Å². The van der Waals surface area contributed by atoms with Gasteiger partial charge < -0.3 is 4.74 Å². The molecule has 0 bridgehead atoms. The third-order valence-corrected chi connectivity index (χ3v) is 2.68. The van der Waals surface area contributed by atoms with E-state index in [1.807, 2.05) is 18.2 Å². The molecular weight excluding hydrogens is 172 g/mol. The van der Waals surface area contributed by atoms with Crippen molar-refractivity contribution < 1.29 is 4.74 Å². The van der Waals surface area contributed by atoms with Crippen molar-refractivity contribution in [2.24, 2.45) is 0 Å². The summed E-state index contributed by atoms with van der Waals surface area (Å²) in [5.74, 6) is 0.956. The van der Waals surface area contributed by atoms with Gasteiger partial charge in [-0.15, -0.1) is 0 Å². The topological polar surface area (TPSA) is 9.23 Å². The molecular formula is C13H18O. The standard InChI is InChI=1S/C13H18O/c1-5-10(2)11(3)12-8-6-7-9-13(12)14-4/h6-9H,5H2,1-4H3/b11-10-. The maximum Gasteiger partial charge on any atom is 0.126 e. The Kier molecular flexibility index (Phi) is 3.75. The Morgan fingerprint density at radius 2 is 1.86 bits per heavy atom. The van der Waals surface area contributed by atoms with Gasteiger partial charge in [-0.05, 0) is 31.9 Å². The van der Waals surface area contributed by atoms with Crippen molar-refractivity contribution in [2.45, 2.75) is 27.2 Å². The number of methoxy groups -OCH3 is 1. The highest BCUT2D eigenvalue weighted by atomic mass is 16.5. The van der Waals surface area contributed by atoms with Gasteiger partial charge in [0.2, 0.25) is 0 Å². The Hall–Kier alpha value is -1.24. The van der Waals surface area contributed by atoms with E-state index in [4.69, 9.17) is 4.74 Å². The van der Waals surface area contributed by atoms with Gasteiger partial charge >= 0.3 is 0 Å². The zero-order chi connectivity index (χ0) is 10.6. The van der Waals surface area contributed by atoms with Gasteiger partial charge in [-0.25, -0.2) is 0 Å². The van der Waals surface area contributed by atoms with E-state index in [0.29, 0.717) is 0 Å². The summed E-state index contributed by atoms with van der Waals surface area (Å²) in [5.41, 5.74) is 3.94. The highest BCUT2D eigenvalue weighted by Gasteiger charge is 2.04. The number of ether oxygens (including phenoxy) is 1. The molecule has 0 spiro atoms. The van der Waals surface area contributed by atoms with E-state index >= 15 is 0 Å². The van der Waals surface area contributed by atoms with E-state index < -0.39 is 0 Å². The third kappa shape index (κ3) is 2.16. The first-order valence-electron chi connectivity index (χ1n) is 5.00. The zero-order valence-electron chi connectivity index (χ0n) is 9.42. The number of benzene rings is 1. The van der Waals surface area contributed by atoms with Crippen molar-refractivity contribution in [3.05, 3.63) is 35.4 Å². The second kappa shape index (κ2) is 4.85. The van der Waals surface area contributed by atoms with E-state index in [2.05, 4.69) is 26.8 Å². The minimum atomic E-state index is 0.956. The first-order chi connectivity index (χ1) is 6.70. The predicted molar refractivity (Wildman–Crippen MR) is 61.6 cm³/mol. The summed E-state index contributed by atoms with van der Waals surface area (Å²) in [5, 5.41) is 0. The first kappa shape index (κ1) is 10.8. The van der Waals surface area contributed by atoms with Crippen LogP contribution in [0.25, 0.3) is 5.57 Å². The molecule has 0 saturated carbocycles. The minimum Gasteiger partial charge on any atom is -0.496 e. The summed E-state index contributed by atoms with van der Waals surface area (Å²) in [4.78, 5) is 0. The van der Waals surface area contributed by atoms with Crippen LogP contribution < -0.4 is 4.74 Å². The van der Waals surface area contributed by atoms with Gasteiger partial charge in [-0.1, -0.05) is 30.7 Å².